The Morgan fingerprint density at radius 1 is 1.07 bits per heavy atom. The fourth-order valence-corrected chi connectivity index (χ4v) is 1.54. The van der Waals surface area contributed by atoms with Gasteiger partial charge in [0.2, 0.25) is 0 Å². The van der Waals surface area contributed by atoms with E-state index in [0.717, 1.165) is 16.9 Å². The van der Waals surface area contributed by atoms with Crippen LogP contribution in [0.3, 0.4) is 0 Å². The number of rotatable bonds is 3. The summed E-state index contributed by atoms with van der Waals surface area (Å²) in [6.07, 6.45) is 0. The lowest BCUT2D eigenvalue weighted by molar-refractivity contribution is 0.295. The molecule has 1 rings (SSSR count). The molecule has 1 aromatic carbocycles. The first-order chi connectivity index (χ1) is 7.20. The summed E-state index contributed by atoms with van der Waals surface area (Å²) in [5.74, 6) is 0.757. The van der Waals surface area contributed by atoms with E-state index in [4.69, 9.17) is 21.7 Å². The van der Waals surface area contributed by atoms with E-state index in [1.54, 1.807) is 14.2 Å². The quantitative estimate of drug-likeness (QED) is 0.445. The van der Waals surface area contributed by atoms with Crippen LogP contribution in [0, 0.1) is 0 Å². The average molecular weight is 222 g/mol. The summed E-state index contributed by atoms with van der Waals surface area (Å²) in [4.78, 5) is 0. The Balaban J connectivity index is 3.20. The van der Waals surface area contributed by atoms with Crippen molar-refractivity contribution in [2.45, 2.75) is 6.92 Å². The molecule has 3 heteroatoms. The van der Waals surface area contributed by atoms with E-state index in [1.807, 2.05) is 37.3 Å². The van der Waals surface area contributed by atoms with E-state index < -0.39 is 0 Å². The fourth-order valence-electron chi connectivity index (χ4n) is 1.27. The molecule has 0 unspecified atom stereocenters. The van der Waals surface area contributed by atoms with E-state index >= 15 is 0 Å². The predicted molar refractivity (Wildman–Crippen MR) is 65.7 cm³/mol. The van der Waals surface area contributed by atoms with Gasteiger partial charge in [0, 0.05) is 0 Å². The third kappa shape index (κ3) is 2.80. The van der Waals surface area contributed by atoms with Gasteiger partial charge < -0.3 is 9.47 Å². The minimum absolute atomic E-state index is 0.445. The molecule has 0 atom stereocenters. The normalized spacial score (nSPS) is 11.7. The highest BCUT2D eigenvalue weighted by Gasteiger charge is 2.12. The SMILES string of the molecule is COC(=S)/C(=C(\C)OC)c1ccccc1. The highest BCUT2D eigenvalue weighted by molar-refractivity contribution is 7.81. The van der Waals surface area contributed by atoms with Crippen LogP contribution in [0.2, 0.25) is 0 Å². The molecule has 0 aromatic heterocycles. The molecular weight excluding hydrogens is 208 g/mol. The number of benzene rings is 1. The Labute approximate surface area is 95.5 Å². The van der Waals surface area contributed by atoms with Gasteiger partial charge in [0.1, 0.15) is 5.76 Å². The minimum atomic E-state index is 0.445. The molecule has 2 nitrogen and oxygen atoms in total. The standard InChI is InChI=1S/C12H14O2S/c1-9(13-2)11(12(15)14-3)10-7-5-4-6-8-10/h4-8H,1-3H3/b11-9+. The first-order valence-corrected chi connectivity index (χ1v) is 5.00. The first-order valence-electron chi connectivity index (χ1n) is 4.59. The van der Waals surface area contributed by atoms with Crippen LogP contribution in [-0.2, 0) is 9.47 Å². The van der Waals surface area contributed by atoms with Gasteiger partial charge in [-0.2, -0.15) is 0 Å². The zero-order valence-electron chi connectivity index (χ0n) is 9.11. The van der Waals surface area contributed by atoms with Gasteiger partial charge in [0.05, 0.1) is 19.8 Å². The zero-order chi connectivity index (χ0) is 11.3. The summed E-state index contributed by atoms with van der Waals surface area (Å²) < 4.78 is 10.3. The topological polar surface area (TPSA) is 18.5 Å². The minimum Gasteiger partial charge on any atom is -0.501 e. The van der Waals surface area contributed by atoms with E-state index in [-0.39, 0.29) is 0 Å². The van der Waals surface area contributed by atoms with E-state index in [0.29, 0.717) is 5.05 Å². The lowest BCUT2D eigenvalue weighted by Crippen LogP contribution is -2.04. The fraction of sp³-hybridized carbons (Fsp3) is 0.250. The van der Waals surface area contributed by atoms with Gasteiger partial charge in [-0.05, 0) is 24.7 Å². The molecule has 0 fully saturated rings. The third-order valence-corrected chi connectivity index (χ3v) is 2.48. The Bertz CT molecular complexity index is 368. The molecule has 0 saturated carbocycles. The van der Waals surface area contributed by atoms with Gasteiger partial charge in [-0.15, -0.1) is 0 Å². The van der Waals surface area contributed by atoms with Crippen molar-refractivity contribution >= 4 is 22.8 Å². The van der Waals surface area contributed by atoms with E-state index in [2.05, 4.69) is 0 Å². The van der Waals surface area contributed by atoms with Crippen molar-refractivity contribution in [2.75, 3.05) is 14.2 Å². The molecule has 1 aromatic rings. The highest BCUT2D eigenvalue weighted by Crippen LogP contribution is 2.21. The van der Waals surface area contributed by atoms with Crippen molar-refractivity contribution in [3.8, 4) is 0 Å². The van der Waals surface area contributed by atoms with Gasteiger partial charge in [-0.3, -0.25) is 0 Å². The number of thiocarbonyl (C=S) groups is 1. The van der Waals surface area contributed by atoms with Crippen LogP contribution >= 0.6 is 12.2 Å². The Morgan fingerprint density at radius 2 is 1.67 bits per heavy atom. The molecule has 0 saturated heterocycles. The van der Waals surface area contributed by atoms with Crippen molar-refractivity contribution in [1.29, 1.82) is 0 Å². The molecule has 0 aliphatic carbocycles. The number of hydrogen-bond donors (Lipinski definition) is 0. The van der Waals surface area contributed by atoms with Crippen molar-refractivity contribution in [1.82, 2.24) is 0 Å². The molecule has 0 N–H and O–H groups in total. The summed E-state index contributed by atoms with van der Waals surface area (Å²) in [7, 11) is 3.19. The first kappa shape index (κ1) is 11.7. The smallest absolute Gasteiger partial charge is 0.194 e. The molecule has 0 aliphatic rings. The number of allylic oxidation sites excluding steroid dienone is 1. The van der Waals surface area contributed by atoms with Crippen LogP contribution in [0.25, 0.3) is 5.57 Å². The molecule has 0 aliphatic heterocycles. The monoisotopic (exact) mass is 222 g/mol. The Morgan fingerprint density at radius 3 is 2.13 bits per heavy atom. The second-order valence-electron chi connectivity index (χ2n) is 2.99. The predicted octanol–water partition coefficient (Wildman–Crippen LogP) is 3.04. The van der Waals surface area contributed by atoms with Crippen LogP contribution in [0.4, 0.5) is 0 Å². The van der Waals surface area contributed by atoms with Crippen LogP contribution in [0.15, 0.2) is 36.1 Å². The Hall–Kier alpha value is -1.35. The molecule has 80 valence electrons. The molecule has 0 radical (unpaired) electrons. The van der Waals surface area contributed by atoms with Crippen molar-refractivity contribution in [3.05, 3.63) is 41.7 Å². The second kappa shape index (κ2) is 5.51. The summed E-state index contributed by atoms with van der Waals surface area (Å²) >= 11 is 5.14. The molecule has 0 bridgehead atoms. The molecule has 0 heterocycles. The second-order valence-corrected chi connectivity index (χ2v) is 3.36. The van der Waals surface area contributed by atoms with Gasteiger partial charge >= 0.3 is 0 Å². The van der Waals surface area contributed by atoms with Crippen LogP contribution < -0.4 is 0 Å². The highest BCUT2D eigenvalue weighted by atomic mass is 32.1. The third-order valence-electron chi connectivity index (χ3n) is 2.11. The van der Waals surface area contributed by atoms with E-state index in [9.17, 15) is 0 Å². The van der Waals surface area contributed by atoms with Crippen LogP contribution in [0.1, 0.15) is 12.5 Å². The zero-order valence-corrected chi connectivity index (χ0v) is 9.93. The lowest BCUT2D eigenvalue weighted by atomic mass is 10.1. The molecule has 0 spiro atoms. The maximum absolute atomic E-state index is 5.20. The van der Waals surface area contributed by atoms with Crippen molar-refractivity contribution in [3.63, 3.8) is 0 Å². The summed E-state index contributed by atoms with van der Waals surface area (Å²) in [5, 5.41) is 0.445. The number of ether oxygens (including phenoxy) is 2. The van der Waals surface area contributed by atoms with Crippen molar-refractivity contribution < 1.29 is 9.47 Å². The largest absolute Gasteiger partial charge is 0.501 e. The molecule has 0 amide bonds. The van der Waals surface area contributed by atoms with Gasteiger partial charge in [-0.25, -0.2) is 0 Å². The average Bonchev–Trinajstić information content (AvgIpc) is 2.30. The van der Waals surface area contributed by atoms with E-state index in [1.165, 1.54) is 0 Å². The van der Waals surface area contributed by atoms with Crippen LogP contribution in [0.5, 0.6) is 0 Å². The van der Waals surface area contributed by atoms with Crippen LogP contribution in [-0.4, -0.2) is 19.3 Å². The summed E-state index contributed by atoms with van der Waals surface area (Å²) in [6, 6.07) is 9.82. The maximum Gasteiger partial charge on any atom is 0.194 e. The Kier molecular flexibility index (Phi) is 4.31. The lowest BCUT2D eigenvalue weighted by Gasteiger charge is -2.11. The van der Waals surface area contributed by atoms with Crippen molar-refractivity contribution in [2.24, 2.45) is 0 Å². The molecule has 15 heavy (non-hydrogen) atoms. The number of hydrogen-bond acceptors (Lipinski definition) is 3. The maximum atomic E-state index is 5.20. The summed E-state index contributed by atoms with van der Waals surface area (Å²) in [5.41, 5.74) is 1.83. The summed E-state index contributed by atoms with van der Waals surface area (Å²) in [6.45, 7) is 1.87. The van der Waals surface area contributed by atoms with Gasteiger partial charge in [0.15, 0.2) is 5.05 Å². The van der Waals surface area contributed by atoms with Gasteiger partial charge in [-0.1, -0.05) is 30.3 Å². The van der Waals surface area contributed by atoms with Gasteiger partial charge in [0.25, 0.3) is 0 Å². The molecular formula is C12H14O2S. The number of methoxy groups -OCH3 is 2.